The Kier molecular flexibility index (Phi) is 8.24. The number of alkyl halides is 6. The van der Waals surface area contributed by atoms with Crippen LogP contribution in [0.4, 0.5) is 26.3 Å². The summed E-state index contributed by atoms with van der Waals surface area (Å²) >= 11 is -2.88. The number of sulfone groups is 1. The number of rotatable bonds is 9. The first-order valence-electron chi connectivity index (χ1n) is 10.6. The van der Waals surface area contributed by atoms with Crippen molar-refractivity contribution in [1.82, 2.24) is 10.6 Å². The molecular weight excluding hydrogens is 594 g/mol. The minimum atomic E-state index is -5.74. The lowest BCUT2D eigenvalue weighted by Gasteiger charge is -2.32. The van der Waals surface area contributed by atoms with Gasteiger partial charge in [0.15, 0.2) is 5.54 Å². The average Bonchev–Trinajstić information content (AvgIpc) is 3.66. The van der Waals surface area contributed by atoms with Crippen LogP contribution >= 0.6 is 0 Å². The van der Waals surface area contributed by atoms with Crippen molar-refractivity contribution in [1.29, 1.82) is 10.5 Å². The minimum Gasteiger partial charge on any atom is -0.771 e. The number of hydrogen-bond acceptors (Lipinski definition) is 9. The molecule has 3 atom stereocenters. The monoisotopic (exact) mass is 609 g/mol. The van der Waals surface area contributed by atoms with Crippen molar-refractivity contribution in [3.8, 4) is 17.9 Å². The third-order valence-corrected chi connectivity index (χ3v) is 8.24. The molecule has 18 heteroatoms. The van der Waals surface area contributed by atoms with E-state index in [1.54, 1.807) is 12.1 Å². The second kappa shape index (κ2) is 10.7. The molecule has 2 N–H and O–H groups in total. The maximum atomic E-state index is 13.5. The summed E-state index contributed by atoms with van der Waals surface area (Å²) in [5.41, 5.74) is -10.0. The molecule has 1 heterocycles. The highest BCUT2D eigenvalue weighted by Crippen LogP contribution is 2.38. The van der Waals surface area contributed by atoms with Crippen LogP contribution in [0.15, 0.2) is 47.4 Å². The average molecular weight is 610 g/mol. The molecule has 1 aliphatic rings. The topological polar surface area (TPSA) is 182 Å². The Morgan fingerprint density at radius 1 is 1.12 bits per heavy atom. The van der Waals surface area contributed by atoms with Gasteiger partial charge in [0, 0.05) is 18.5 Å². The number of carbonyl (C=O) groups excluding carboxylic acids is 1. The maximum Gasteiger partial charge on any atom is 0.501 e. The van der Waals surface area contributed by atoms with Gasteiger partial charge in [0.05, 0.1) is 33.0 Å². The van der Waals surface area contributed by atoms with E-state index in [2.05, 4.69) is 10.6 Å². The van der Waals surface area contributed by atoms with Gasteiger partial charge < -0.3 is 14.6 Å². The van der Waals surface area contributed by atoms with E-state index in [4.69, 9.17) is 10.00 Å². The largest absolute Gasteiger partial charge is 0.771 e. The SMILES string of the molecule is N#Cc1ccc(C(F)(F)F)c(OCC(C#N)(CC2(S(=O)[O-])CN2)NC(=O)c2ccc(S(=O)(=O)C(F)(F)F)cc2)c1. The first-order chi connectivity index (χ1) is 18.4. The van der Waals surface area contributed by atoms with E-state index >= 15 is 0 Å². The highest BCUT2D eigenvalue weighted by Gasteiger charge is 2.52. The van der Waals surface area contributed by atoms with Crippen LogP contribution in [-0.4, -0.2) is 52.2 Å². The summed E-state index contributed by atoms with van der Waals surface area (Å²) in [5, 5.41) is 23.6. The zero-order valence-corrected chi connectivity index (χ0v) is 21.2. The first-order valence-corrected chi connectivity index (χ1v) is 13.2. The molecule has 1 fully saturated rings. The zero-order chi connectivity index (χ0) is 30.1. The van der Waals surface area contributed by atoms with Crippen molar-refractivity contribution >= 4 is 26.8 Å². The highest BCUT2D eigenvalue weighted by atomic mass is 32.2. The predicted octanol–water partition coefficient (Wildman–Crippen LogP) is 2.51. The number of nitriles is 2. The fraction of sp³-hybridized carbons (Fsp3) is 0.318. The lowest BCUT2D eigenvalue weighted by atomic mass is 9.94. The van der Waals surface area contributed by atoms with Crippen molar-refractivity contribution in [2.75, 3.05) is 13.2 Å². The number of carbonyl (C=O) groups is 1. The van der Waals surface area contributed by atoms with E-state index in [1.165, 1.54) is 0 Å². The van der Waals surface area contributed by atoms with Crippen molar-refractivity contribution in [3.05, 3.63) is 59.2 Å². The van der Waals surface area contributed by atoms with Crippen LogP contribution in [-0.2, 0) is 27.1 Å². The van der Waals surface area contributed by atoms with Gasteiger partial charge in [0.25, 0.3) is 15.7 Å². The van der Waals surface area contributed by atoms with Gasteiger partial charge in [0.2, 0.25) is 0 Å². The fourth-order valence-electron chi connectivity index (χ4n) is 3.47. The summed E-state index contributed by atoms with van der Waals surface area (Å²) in [5.74, 6) is -2.11. The molecule has 0 aromatic heterocycles. The molecule has 0 saturated carbocycles. The summed E-state index contributed by atoms with van der Waals surface area (Å²) in [7, 11) is -5.74. The van der Waals surface area contributed by atoms with Crippen LogP contribution in [0.3, 0.4) is 0 Å². The maximum absolute atomic E-state index is 13.5. The second-order valence-electron chi connectivity index (χ2n) is 8.49. The van der Waals surface area contributed by atoms with Crippen LogP contribution in [0.5, 0.6) is 5.75 Å². The number of halogens is 6. The number of nitrogens with one attached hydrogen (secondary N) is 2. The van der Waals surface area contributed by atoms with Gasteiger partial charge in [-0.05, 0) is 53.5 Å². The lowest BCUT2D eigenvalue weighted by Crippen LogP contribution is -2.55. The summed E-state index contributed by atoms with van der Waals surface area (Å²) in [6.45, 7) is -1.25. The molecule has 0 spiro atoms. The predicted molar refractivity (Wildman–Crippen MR) is 121 cm³/mol. The summed E-state index contributed by atoms with van der Waals surface area (Å²) in [6, 6.07) is 7.69. The number of benzene rings is 2. The third kappa shape index (κ3) is 6.36. The number of hydrogen-bond donors (Lipinski definition) is 2. The molecular formula is C22H15F6N4O6S2-. The lowest BCUT2D eigenvalue weighted by molar-refractivity contribution is -0.139. The van der Waals surface area contributed by atoms with Gasteiger partial charge in [-0.15, -0.1) is 0 Å². The van der Waals surface area contributed by atoms with Crippen LogP contribution in [0.25, 0.3) is 0 Å². The van der Waals surface area contributed by atoms with Crippen molar-refractivity contribution in [2.24, 2.45) is 0 Å². The molecule has 10 nitrogen and oxygen atoms in total. The van der Waals surface area contributed by atoms with Crippen molar-refractivity contribution in [2.45, 2.75) is 33.4 Å². The van der Waals surface area contributed by atoms with Crippen molar-refractivity contribution in [3.63, 3.8) is 0 Å². The Labute approximate surface area is 224 Å². The van der Waals surface area contributed by atoms with Gasteiger partial charge >= 0.3 is 11.7 Å². The Hall–Kier alpha value is -3.71. The standard InChI is InChI=1S/C22H16F6N4O6S2/c23-21(24,25)16-6-1-13(8-29)7-17(16)38-12-19(10-30,9-20(11-31-20)39(34)35)32-18(33)14-2-4-15(5-3-14)40(36,37)22(26,27)28/h1-7,31H,9,11-12H2,(H,32,33)(H,34,35)/p-1. The molecule has 2 aromatic rings. The smallest absolute Gasteiger partial charge is 0.501 e. The second-order valence-corrected chi connectivity index (χ2v) is 11.7. The number of ether oxygens (including phenoxy) is 1. The van der Waals surface area contributed by atoms with E-state index < -0.39 is 83.7 Å². The first kappa shape index (κ1) is 30.8. The van der Waals surface area contributed by atoms with E-state index in [0.717, 1.165) is 12.1 Å². The molecule has 1 amide bonds. The van der Waals surface area contributed by atoms with Crippen molar-refractivity contribution < 1.29 is 53.1 Å². The molecule has 1 aliphatic heterocycles. The molecule has 0 bridgehead atoms. The molecule has 1 saturated heterocycles. The molecule has 214 valence electrons. The minimum absolute atomic E-state index is 0.190. The molecule has 0 aliphatic carbocycles. The van der Waals surface area contributed by atoms with Crippen LogP contribution < -0.4 is 15.4 Å². The van der Waals surface area contributed by atoms with Crippen LogP contribution in [0, 0.1) is 22.7 Å². The Balaban J connectivity index is 1.96. The number of amides is 1. The Morgan fingerprint density at radius 3 is 2.17 bits per heavy atom. The Bertz CT molecular complexity index is 1530. The van der Waals surface area contributed by atoms with Gasteiger partial charge in [-0.2, -0.15) is 36.9 Å². The molecule has 0 radical (unpaired) electrons. The van der Waals surface area contributed by atoms with Gasteiger partial charge in [-0.1, -0.05) is 0 Å². The van der Waals surface area contributed by atoms with E-state index in [1.807, 2.05) is 0 Å². The molecule has 2 aromatic carbocycles. The summed E-state index contributed by atoms with van der Waals surface area (Å²) < 4.78 is 131. The fourth-order valence-corrected chi connectivity index (χ4v) is 4.91. The van der Waals surface area contributed by atoms with Crippen LogP contribution in [0.1, 0.15) is 27.9 Å². The van der Waals surface area contributed by atoms with Crippen LogP contribution in [0.2, 0.25) is 0 Å². The van der Waals surface area contributed by atoms with Gasteiger partial charge in [-0.25, -0.2) is 8.42 Å². The van der Waals surface area contributed by atoms with Gasteiger partial charge in [0.1, 0.15) is 12.4 Å². The van der Waals surface area contributed by atoms with E-state index in [0.29, 0.717) is 30.3 Å². The molecule has 40 heavy (non-hydrogen) atoms. The molecule has 3 unspecified atom stereocenters. The number of nitrogens with zero attached hydrogens (tertiary/aromatic N) is 2. The molecule has 3 rings (SSSR count). The third-order valence-electron chi connectivity index (χ3n) is 5.67. The summed E-state index contributed by atoms with van der Waals surface area (Å²) in [4.78, 5) is 9.95. The van der Waals surface area contributed by atoms with Gasteiger partial charge in [-0.3, -0.25) is 14.3 Å². The zero-order valence-electron chi connectivity index (χ0n) is 19.6. The normalized spacial score (nSPS) is 19.4. The van der Waals surface area contributed by atoms with E-state index in [-0.39, 0.29) is 12.1 Å². The van der Waals surface area contributed by atoms with E-state index in [9.17, 15) is 53.6 Å². The summed E-state index contributed by atoms with van der Waals surface area (Å²) in [6.07, 6.45) is -5.70. The quantitative estimate of drug-likeness (QED) is 0.245. The Morgan fingerprint density at radius 2 is 1.73 bits per heavy atom. The highest BCUT2D eigenvalue weighted by molar-refractivity contribution is 7.92.